The molecule has 0 aliphatic heterocycles. The lowest BCUT2D eigenvalue weighted by molar-refractivity contribution is 0.102. The monoisotopic (exact) mass is 324 g/mol. The minimum atomic E-state index is -0.146. The fraction of sp³-hybridized carbons (Fsp3) is 0.368. The van der Waals surface area contributed by atoms with Crippen molar-refractivity contribution in [1.29, 1.82) is 5.26 Å². The molecule has 0 saturated heterocycles. The molecule has 1 aliphatic rings. The van der Waals surface area contributed by atoms with Gasteiger partial charge in [0.25, 0.3) is 5.91 Å². The van der Waals surface area contributed by atoms with Gasteiger partial charge in [-0.2, -0.15) is 5.26 Å². The summed E-state index contributed by atoms with van der Waals surface area (Å²) in [6, 6.07) is 9.78. The van der Waals surface area contributed by atoms with Gasteiger partial charge in [-0.15, -0.1) is 11.3 Å². The van der Waals surface area contributed by atoms with E-state index < -0.39 is 0 Å². The van der Waals surface area contributed by atoms with Gasteiger partial charge in [0.05, 0.1) is 5.56 Å². The molecular formula is C19H20N2OS. The minimum Gasteiger partial charge on any atom is -0.312 e. The van der Waals surface area contributed by atoms with Gasteiger partial charge >= 0.3 is 0 Å². The van der Waals surface area contributed by atoms with E-state index in [1.165, 1.54) is 11.3 Å². The normalized spacial score (nSPS) is 16.5. The average molecular weight is 324 g/mol. The number of benzene rings is 1. The number of fused-ring (bicyclic) bond motifs is 1. The van der Waals surface area contributed by atoms with Crippen LogP contribution in [0.1, 0.15) is 51.7 Å². The quantitative estimate of drug-likeness (QED) is 0.890. The number of anilines is 1. The highest BCUT2D eigenvalue weighted by Gasteiger charge is 2.25. The van der Waals surface area contributed by atoms with E-state index in [1.807, 2.05) is 31.2 Å². The van der Waals surface area contributed by atoms with E-state index >= 15 is 0 Å². The third-order valence-electron chi connectivity index (χ3n) is 4.60. The summed E-state index contributed by atoms with van der Waals surface area (Å²) in [5.41, 5.74) is 3.56. The first-order valence-corrected chi connectivity index (χ1v) is 8.86. The molecule has 118 valence electrons. The molecule has 0 fully saturated rings. The summed E-state index contributed by atoms with van der Waals surface area (Å²) in [6.45, 7) is 4.21. The Balaban J connectivity index is 1.86. The van der Waals surface area contributed by atoms with E-state index in [0.29, 0.717) is 22.0 Å². The lowest BCUT2D eigenvalue weighted by atomic mass is 9.86. The van der Waals surface area contributed by atoms with Crippen molar-refractivity contribution in [3.8, 4) is 6.07 Å². The molecule has 3 nitrogen and oxygen atoms in total. The summed E-state index contributed by atoms with van der Waals surface area (Å²) in [5, 5.41) is 13.2. The van der Waals surface area contributed by atoms with Crippen molar-refractivity contribution < 1.29 is 4.79 Å². The van der Waals surface area contributed by atoms with Crippen molar-refractivity contribution in [2.45, 2.75) is 39.5 Å². The predicted octanol–water partition coefficient (Wildman–Crippen LogP) is 4.70. The van der Waals surface area contributed by atoms with Gasteiger partial charge in [-0.3, -0.25) is 4.79 Å². The molecule has 0 bridgehead atoms. The van der Waals surface area contributed by atoms with Gasteiger partial charge < -0.3 is 5.32 Å². The molecule has 4 heteroatoms. The summed E-state index contributed by atoms with van der Waals surface area (Å²) < 4.78 is 0. The molecule has 1 N–H and O–H groups in total. The Bertz CT molecular complexity index is 768. The van der Waals surface area contributed by atoms with Gasteiger partial charge in [-0.05, 0) is 49.8 Å². The topological polar surface area (TPSA) is 52.9 Å². The van der Waals surface area contributed by atoms with Gasteiger partial charge in [0.1, 0.15) is 11.1 Å². The Hall–Kier alpha value is -2.12. The predicted molar refractivity (Wildman–Crippen MR) is 94.0 cm³/mol. The van der Waals surface area contributed by atoms with Gasteiger partial charge in [0, 0.05) is 10.4 Å². The zero-order valence-corrected chi connectivity index (χ0v) is 14.3. The number of hydrogen-bond donors (Lipinski definition) is 1. The third-order valence-corrected chi connectivity index (χ3v) is 5.77. The lowest BCUT2D eigenvalue weighted by Gasteiger charge is -2.20. The summed E-state index contributed by atoms with van der Waals surface area (Å²) in [4.78, 5) is 13.7. The third kappa shape index (κ3) is 3.16. The van der Waals surface area contributed by atoms with Crippen molar-refractivity contribution in [2.75, 3.05) is 5.32 Å². The Morgan fingerprint density at radius 3 is 2.78 bits per heavy atom. The van der Waals surface area contributed by atoms with Gasteiger partial charge in [-0.1, -0.05) is 31.0 Å². The first kappa shape index (κ1) is 15.8. The van der Waals surface area contributed by atoms with Crippen LogP contribution in [0.25, 0.3) is 0 Å². The maximum atomic E-state index is 12.4. The van der Waals surface area contributed by atoms with Crippen molar-refractivity contribution in [3.05, 3.63) is 51.4 Å². The van der Waals surface area contributed by atoms with Crippen molar-refractivity contribution >= 4 is 22.2 Å². The van der Waals surface area contributed by atoms with Crippen LogP contribution in [0.4, 0.5) is 5.00 Å². The first-order chi connectivity index (χ1) is 11.1. The summed E-state index contributed by atoms with van der Waals surface area (Å²) in [7, 11) is 0. The van der Waals surface area contributed by atoms with E-state index in [0.717, 1.165) is 30.4 Å². The molecule has 1 aliphatic carbocycles. The number of nitriles is 1. The molecule has 1 atom stereocenters. The van der Waals surface area contributed by atoms with E-state index in [4.69, 9.17) is 0 Å². The van der Waals surface area contributed by atoms with Gasteiger partial charge in [-0.25, -0.2) is 0 Å². The number of aryl methyl sites for hydroxylation is 1. The fourth-order valence-electron chi connectivity index (χ4n) is 3.09. The summed E-state index contributed by atoms with van der Waals surface area (Å²) >= 11 is 1.58. The zero-order valence-electron chi connectivity index (χ0n) is 13.5. The van der Waals surface area contributed by atoms with Crippen LogP contribution in [0.3, 0.4) is 0 Å². The lowest BCUT2D eigenvalue weighted by Crippen LogP contribution is -2.12. The van der Waals surface area contributed by atoms with Gasteiger partial charge in [0.2, 0.25) is 0 Å². The smallest absolute Gasteiger partial charge is 0.256 e. The second-order valence-corrected chi connectivity index (χ2v) is 7.26. The highest BCUT2D eigenvalue weighted by Crippen LogP contribution is 2.40. The highest BCUT2D eigenvalue weighted by atomic mass is 32.1. The first-order valence-electron chi connectivity index (χ1n) is 8.05. The van der Waals surface area contributed by atoms with Crippen LogP contribution in [0.5, 0.6) is 0 Å². The molecular weight excluding hydrogens is 304 g/mol. The molecule has 1 aromatic heterocycles. The van der Waals surface area contributed by atoms with Crippen LogP contribution in [0, 0.1) is 24.2 Å². The number of amides is 1. The number of nitrogens with zero attached hydrogens (tertiary/aromatic N) is 1. The SMILES string of the molecule is CC[C@H]1CCc2c(sc(NC(=O)c3ccc(C)cc3)c2C#N)C1. The number of hydrogen-bond acceptors (Lipinski definition) is 3. The Kier molecular flexibility index (Phi) is 4.49. The van der Waals surface area contributed by atoms with Crippen LogP contribution in [0.15, 0.2) is 24.3 Å². The molecule has 0 unspecified atom stereocenters. The van der Waals surface area contributed by atoms with Crippen molar-refractivity contribution in [1.82, 2.24) is 0 Å². The Morgan fingerprint density at radius 1 is 1.39 bits per heavy atom. The molecule has 3 rings (SSSR count). The van der Waals surface area contributed by atoms with Crippen LogP contribution >= 0.6 is 11.3 Å². The molecule has 1 amide bonds. The Morgan fingerprint density at radius 2 is 2.13 bits per heavy atom. The average Bonchev–Trinajstić information content (AvgIpc) is 2.91. The summed E-state index contributed by atoms with van der Waals surface area (Å²) in [6.07, 6.45) is 4.30. The molecule has 1 heterocycles. The Labute approximate surface area is 141 Å². The molecule has 23 heavy (non-hydrogen) atoms. The highest BCUT2D eigenvalue weighted by molar-refractivity contribution is 7.16. The molecule has 0 radical (unpaired) electrons. The minimum absolute atomic E-state index is 0.146. The van der Waals surface area contributed by atoms with Crippen LogP contribution in [-0.2, 0) is 12.8 Å². The molecule has 1 aromatic carbocycles. The van der Waals surface area contributed by atoms with E-state index in [1.54, 1.807) is 11.3 Å². The number of carbonyl (C=O) groups excluding carboxylic acids is 1. The van der Waals surface area contributed by atoms with Crippen LogP contribution < -0.4 is 5.32 Å². The zero-order chi connectivity index (χ0) is 16.4. The second kappa shape index (κ2) is 6.55. The van der Waals surface area contributed by atoms with Crippen LogP contribution in [0.2, 0.25) is 0 Å². The standard InChI is InChI=1S/C19H20N2OS/c1-3-13-6-9-15-16(11-20)19(23-17(15)10-13)21-18(22)14-7-4-12(2)5-8-14/h4-5,7-8,13H,3,6,9-10H2,1-2H3,(H,21,22)/t13-/m0/s1. The number of carbonyl (C=O) groups is 1. The maximum absolute atomic E-state index is 12.4. The van der Waals surface area contributed by atoms with Crippen LogP contribution in [-0.4, -0.2) is 5.91 Å². The molecule has 2 aromatic rings. The van der Waals surface area contributed by atoms with E-state index in [2.05, 4.69) is 18.3 Å². The number of nitrogens with one attached hydrogen (secondary N) is 1. The largest absolute Gasteiger partial charge is 0.312 e. The molecule has 0 saturated carbocycles. The van der Waals surface area contributed by atoms with E-state index in [-0.39, 0.29) is 5.91 Å². The molecule has 0 spiro atoms. The van der Waals surface area contributed by atoms with E-state index in [9.17, 15) is 10.1 Å². The number of rotatable bonds is 3. The maximum Gasteiger partial charge on any atom is 0.256 e. The fourth-order valence-corrected chi connectivity index (χ4v) is 4.40. The van der Waals surface area contributed by atoms with Crippen molar-refractivity contribution in [2.24, 2.45) is 5.92 Å². The van der Waals surface area contributed by atoms with Gasteiger partial charge in [0.15, 0.2) is 0 Å². The van der Waals surface area contributed by atoms with Crippen molar-refractivity contribution in [3.63, 3.8) is 0 Å². The second-order valence-electron chi connectivity index (χ2n) is 6.16. The summed E-state index contributed by atoms with van der Waals surface area (Å²) in [5.74, 6) is 0.556. The number of thiophene rings is 1.